The number of hydrogen-bond donors (Lipinski definition) is 1. The van der Waals surface area contributed by atoms with E-state index >= 15 is 0 Å². The Labute approximate surface area is 137 Å². The minimum atomic E-state index is -3.52. The van der Waals surface area contributed by atoms with Gasteiger partial charge in [-0.25, -0.2) is 8.42 Å². The molecule has 0 saturated carbocycles. The van der Waals surface area contributed by atoms with Crippen molar-refractivity contribution in [3.63, 3.8) is 0 Å². The number of hydrogen-bond acceptors (Lipinski definition) is 4. The quantitative estimate of drug-likeness (QED) is 0.899. The largest absolute Gasteiger partial charge is 0.495 e. The number of rotatable bonds is 4. The van der Waals surface area contributed by atoms with E-state index in [0.29, 0.717) is 10.8 Å². The maximum atomic E-state index is 12.6. The average Bonchev–Trinajstić information content (AvgIpc) is 2.47. The van der Waals surface area contributed by atoms with Gasteiger partial charge in [-0.2, -0.15) is 4.31 Å². The Bertz CT molecular complexity index is 575. The van der Waals surface area contributed by atoms with Gasteiger partial charge in [0.15, 0.2) is 0 Å². The first-order valence-corrected chi connectivity index (χ1v) is 8.31. The second-order valence-corrected chi connectivity index (χ2v) is 7.20. The summed E-state index contributed by atoms with van der Waals surface area (Å²) in [4.78, 5) is 0.198. The van der Waals surface area contributed by atoms with Gasteiger partial charge >= 0.3 is 0 Å². The number of halogens is 2. The Balaban J connectivity index is 0.00000220. The summed E-state index contributed by atoms with van der Waals surface area (Å²) in [6, 6.07) is 4.57. The lowest BCUT2D eigenvalue weighted by molar-refractivity contribution is 0.296. The van der Waals surface area contributed by atoms with E-state index in [-0.39, 0.29) is 23.3 Å². The number of nitrogens with zero attached hydrogens (tertiary/aromatic N) is 1. The molecule has 0 aliphatic carbocycles. The number of benzene rings is 1. The van der Waals surface area contributed by atoms with Crippen molar-refractivity contribution in [3.8, 4) is 5.75 Å². The van der Waals surface area contributed by atoms with Gasteiger partial charge in [-0.3, -0.25) is 0 Å². The Morgan fingerprint density at radius 3 is 2.48 bits per heavy atom. The molecule has 1 fully saturated rings. The first kappa shape index (κ1) is 18.5. The van der Waals surface area contributed by atoms with Crippen LogP contribution in [0.3, 0.4) is 0 Å². The molecule has 1 aliphatic rings. The molecular weight excluding hydrogens is 335 g/mol. The van der Waals surface area contributed by atoms with Crippen LogP contribution in [0.1, 0.15) is 12.8 Å². The zero-order chi connectivity index (χ0) is 14.8. The number of ether oxygens (including phenoxy) is 1. The van der Waals surface area contributed by atoms with E-state index < -0.39 is 10.0 Å². The van der Waals surface area contributed by atoms with E-state index in [1.165, 1.54) is 23.5 Å². The van der Waals surface area contributed by atoms with Crippen LogP contribution in [0, 0.1) is 0 Å². The van der Waals surface area contributed by atoms with Crippen LogP contribution in [0.25, 0.3) is 0 Å². The van der Waals surface area contributed by atoms with Crippen molar-refractivity contribution in [1.82, 2.24) is 9.62 Å². The maximum absolute atomic E-state index is 12.6. The van der Waals surface area contributed by atoms with Gasteiger partial charge in [0.2, 0.25) is 10.0 Å². The van der Waals surface area contributed by atoms with Crippen LogP contribution in [0.15, 0.2) is 23.1 Å². The fourth-order valence-electron chi connectivity index (χ4n) is 2.34. The first-order valence-electron chi connectivity index (χ1n) is 6.49. The normalized spacial score (nSPS) is 16.6. The number of methoxy groups -OCH3 is 1. The standard InChI is InChI=1S/C13H19ClN2O3S.ClH/c1-16(10-5-7-15-8-6-10)20(17,18)11-3-4-13(19-2)12(14)9-11;/h3-4,9-10,15H,5-8H2,1-2H3;1H. The summed E-state index contributed by atoms with van der Waals surface area (Å²) in [7, 11) is -0.396. The van der Waals surface area contributed by atoms with Crippen LogP contribution < -0.4 is 10.1 Å². The Morgan fingerprint density at radius 1 is 1.33 bits per heavy atom. The van der Waals surface area contributed by atoms with Gasteiger partial charge in [0.05, 0.1) is 17.0 Å². The highest BCUT2D eigenvalue weighted by atomic mass is 35.5. The van der Waals surface area contributed by atoms with Crippen molar-refractivity contribution in [2.45, 2.75) is 23.8 Å². The molecule has 21 heavy (non-hydrogen) atoms. The van der Waals surface area contributed by atoms with Gasteiger partial charge in [0, 0.05) is 13.1 Å². The third-order valence-corrected chi connectivity index (χ3v) is 5.82. The Kier molecular flexibility index (Phi) is 6.74. The summed E-state index contributed by atoms with van der Waals surface area (Å²) in [6.45, 7) is 1.68. The molecule has 1 heterocycles. The third kappa shape index (κ3) is 4.02. The zero-order valence-corrected chi connectivity index (χ0v) is 14.4. The molecule has 1 aromatic carbocycles. The zero-order valence-electron chi connectivity index (χ0n) is 12.0. The predicted molar refractivity (Wildman–Crippen MR) is 86.1 cm³/mol. The lowest BCUT2D eigenvalue weighted by atomic mass is 10.1. The smallest absolute Gasteiger partial charge is 0.243 e. The van der Waals surface area contributed by atoms with Crippen LogP contribution in [0.2, 0.25) is 5.02 Å². The van der Waals surface area contributed by atoms with Gasteiger partial charge in [-0.15, -0.1) is 12.4 Å². The first-order chi connectivity index (χ1) is 9.46. The van der Waals surface area contributed by atoms with Crippen molar-refractivity contribution in [2.24, 2.45) is 0 Å². The van der Waals surface area contributed by atoms with E-state index in [2.05, 4.69) is 5.32 Å². The SMILES string of the molecule is COc1ccc(S(=O)(=O)N(C)C2CCNCC2)cc1Cl.Cl. The fraction of sp³-hybridized carbons (Fsp3) is 0.538. The summed E-state index contributed by atoms with van der Waals surface area (Å²) in [5, 5.41) is 3.52. The van der Waals surface area contributed by atoms with Crippen molar-refractivity contribution in [2.75, 3.05) is 27.2 Å². The van der Waals surface area contributed by atoms with Gasteiger partial charge in [-0.05, 0) is 44.1 Å². The molecule has 0 spiro atoms. The summed E-state index contributed by atoms with van der Waals surface area (Å²) < 4.78 is 31.7. The van der Waals surface area contributed by atoms with Crippen molar-refractivity contribution in [1.29, 1.82) is 0 Å². The lowest BCUT2D eigenvalue weighted by Gasteiger charge is -2.30. The number of piperidine rings is 1. The van der Waals surface area contributed by atoms with Crippen LogP contribution >= 0.6 is 24.0 Å². The van der Waals surface area contributed by atoms with Crippen molar-refractivity contribution >= 4 is 34.0 Å². The molecule has 1 N–H and O–H groups in total. The van der Waals surface area contributed by atoms with E-state index in [1.807, 2.05) is 0 Å². The Hall–Kier alpha value is -0.530. The van der Waals surface area contributed by atoms with Crippen LogP contribution in [0.4, 0.5) is 0 Å². The maximum Gasteiger partial charge on any atom is 0.243 e. The van der Waals surface area contributed by atoms with Crippen LogP contribution in [-0.2, 0) is 10.0 Å². The van der Waals surface area contributed by atoms with E-state index in [4.69, 9.17) is 16.3 Å². The third-order valence-electron chi connectivity index (χ3n) is 3.62. The van der Waals surface area contributed by atoms with Gasteiger partial charge in [-0.1, -0.05) is 11.6 Å². The minimum Gasteiger partial charge on any atom is -0.495 e. The number of nitrogens with one attached hydrogen (secondary N) is 1. The second-order valence-electron chi connectivity index (χ2n) is 4.80. The highest BCUT2D eigenvalue weighted by Crippen LogP contribution is 2.29. The Morgan fingerprint density at radius 2 is 1.95 bits per heavy atom. The highest BCUT2D eigenvalue weighted by Gasteiger charge is 2.29. The molecule has 1 aromatic rings. The van der Waals surface area contributed by atoms with Crippen LogP contribution in [-0.4, -0.2) is 46.0 Å². The molecule has 0 atom stereocenters. The molecule has 0 radical (unpaired) electrons. The second kappa shape index (κ2) is 7.65. The predicted octanol–water partition coefficient (Wildman–Crippen LogP) is 2.14. The lowest BCUT2D eigenvalue weighted by Crippen LogP contribution is -2.43. The molecule has 0 aromatic heterocycles. The monoisotopic (exact) mass is 354 g/mol. The molecule has 1 saturated heterocycles. The molecule has 0 bridgehead atoms. The molecule has 5 nitrogen and oxygen atoms in total. The van der Waals surface area contributed by atoms with Gasteiger partial charge in [0.25, 0.3) is 0 Å². The molecular formula is C13H20Cl2N2O3S. The topological polar surface area (TPSA) is 58.6 Å². The molecule has 1 aliphatic heterocycles. The molecule has 0 unspecified atom stereocenters. The fourth-order valence-corrected chi connectivity index (χ4v) is 4.11. The van der Waals surface area contributed by atoms with E-state index in [0.717, 1.165) is 25.9 Å². The molecule has 2 rings (SSSR count). The summed E-state index contributed by atoms with van der Waals surface area (Å²) in [5.74, 6) is 0.468. The van der Waals surface area contributed by atoms with Crippen molar-refractivity contribution in [3.05, 3.63) is 23.2 Å². The number of sulfonamides is 1. The molecule has 0 amide bonds. The summed E-state index contributed by atoms with van der Waals surface area (Å²) in [5.41, 5.74) is 0. The minimum absolute atomic E-state index is 0. The van der Waals surface area contributed by atoms with Gasteiger partial charge in [0.1, 0.15) is 5.75 Å². The average molecular weight is 355 g/mol. The molecule has 8 heteroatoms. The van der Waals surface area contributed by atoms with Crippen molar-refractivity contribution < 1.29 is 13.2 Å². The van der Waals surface area contributed by atoms with E-state index in [1.54, 1.807) is 13.1 Å². The van der Waals surface area contributed by atoms with E-state index in [9.17, 15) is 8.42 Å². The summed E-state index contributed by atoms with van der Waals surface area (Å²) in [6.07, 6.45) is 1.64. The van der Waals surface area contributed by atoms with Crippen LogP contribution in [0.5, 0.6) is 5.75 Å². The van der Waals surface area contributed by atoms with Gasteiger partial charge < -0.3 is 10.1 Å². The molecule has 120 valence electrons. The summed E-state index contributed by atoms with van der Waals surface area (Å²) >= 11 is 6.01. The highest BCUT2D eigenvalue weighted by molar-refractivity contribution is 7.89.